The maximum atomic E-state index is 5.32. The molecule has 0 aliphatic heterocycles. The minimum absolute atomic E-state index is 0.600. The van der Waals surface area contributed by atoms with Gasteiger partial charge < -0.3 is 0 Å². The first-order valence-electron chi connectivity index (χ1n) is 17.5. The molecule has 52 heavy (non-hydrogen) atoms. The number of para-hydroxylation sites is 1. The lowest BCUT2D eigenvalue weighted by Crippen LogP contribution is -1.97. The molecule has 0 unspecified atom stereocenters. The summed E-state index contributed by atoms with van der Waals surface area (Å²) in [5, 5.41) is 8.34. The predicted octanol–water partition coefficient (Wildman–Crippen LogP) is 12.2. The maximum absolute atomic E-state index is 5.32. The highest BCUT2D eigenvalue weighted by molar-refractivity contribution is 6.25. The largest absolute Gasteiger partial charge is 0.253 e. The molecule has 0 radical (unpaired) electrons. The number of hydrogen-bond donors (Lipinski definition) is 0. The van der Waals surface area contributed by atoms with Gasteiger partial charge in [0.25, 0.3) is 0 Å². The molecule has 7 aromatic carbocycles. The van der Waals surface area contributed by atoms with Gasteiger partial charge in [-0.1, -0.05) is 140 Å². The van der Waals surface area contributed by atoms with Crippen molar-refractivity contribution in [3.05, 3.63) is 182 Å². The summed E-state index contributed by atoms with van der Waals surface area (Å²) in [6, 6.07) is 61.6. The first kappa shape index (κ1) is 29.8. The number of fused-ring (bicyclic) bond motifs is 6. The highest BCUT2D eigenvalue weighted by Gasteiger charge is 2.18. The molecular formula is C48H30N4. The summed E-state index contributed by atoms with van der Waals surface area (Å²) < 4.78 is 0. The SMILES string of the molecule is c1ccc(-c2cc(-c3ccc(-c4cc5c(-c6ccc7ccccc7c6)nc6ccccc6c5c5ccccc45)cc3)nc(-c3ccccn3)n2)cc1. The van der Waals surface area contributed by atoms with Gasteiger partial charge in [0.05, 0.1) is 22.6 Å². The van der Waals surface area contributed by atoms with Gasteiger partial charge in [0.1, 0.15) is 5.69 Å². The first-order valence-corrected chi connectivity index (χ1v) is 17.5. The molecule has 0 saturated carbocycles. The van der Waals surface area contributed by atoms with E-state index < -0.39 is 0 Å². The highest BCUT2D eigenvalue weighted by Crippen LogP contribution is 2.42. The third-order valence-corrected chi connectivity index (χ3v) is 9.91. The van der Waals surface area contributed by atoms with Gasteiger partial charge in [-0.2, -0.15) is 0 Å². The molecule has 4 nitrogen and oxygen atoms in total. The molecule has 0 spiro atoms. The zero-order valence-electron chi connectivity index (χ0n) is 28.1. The van der Waals surface area contributed by atoms with Crippen LogP contribution in [0.25, 0.3) is 99.6 Å². The quantitative estimate of drug-likeness (QED) is 0.172. The Kier molecular flexibility index (Phi) is 7.10. The van der Waals surface area contributed by atoms with Crippen LogP contribution < -0.4 is 0 Å². The van der Waals surface area contributed by atoms with E-state index in [-0.39, 0.29) is 0 Å². The van der Waals surface area contributed by atoms with Crippen molar-refractivity contribution in [2.24, 2.45) is 0 Å². The molecule has 0 saturated heterocycles. The summed E-state index contributed by atoms with van der Waals surface area (Å²) in [4.78, 5) is 19.8. The third kappa shape index (κ3) is 5.17. The first-order chi connectivity index (χ1) is 25.8. The van der Waals surface area contributed by atoms with E-state index in [2.05, 4.69) is 145 Å². The zero-order chi connectivity index (χ0) is 34.4. The van der Waals surface area contributed by atoms with Crippen molar-refractivity contribution in [2.75, 3.05) is 0 Å². The molecule has 242 valence electrons. The number of nitrogens with zero attached hydrogens (tertiary/aromatic N) is 4. The molecule has 0 aliphatic carbocycles. The predicted molar refractivity (Wildman–Crippen MR) is 215 cm³/mol. The van der Waals surface area contributed by atoms with Crippen LogP contribution in [0.15, 0.2) is 182 Å². The monoisotopic (exact) mass is 662 g/mol. The maximum Gasteiger partial charge on any atom is 0.179 e. The highest BCUT2D eigenvalue weighted by atomic mass is 14.9. The van der Waals surface area contributed by atoms with Crippen molar-refractivity contribution in [2.45, 2.75) is 0 Å². The van der Waals surface area contributed by atoms with Gasteiger partial charge in [-0.3, -0.25) is 4.98 Å². The topological polar surface area (TPSA) is 51.6 Å². The standard InChI is InChI=1S/C48H30N4/c1-2-13-33(14-3-1)44-30-45(52-48(51-44)43-20-10-11-27-49-43)34-24-22-32(23-25-34)40-29-41-46(38-17-7-6-16-37(38)40)39-18-8-9-19-42(39)50-47(41)36-26-21-31-12-4-5-15-35(31)28-36/h1-30H. The Morgan fingerprint density at radius 1 is 0.346 bits per heavy atom. The molecule has 10 rings (SSSR count). The second-order valence-electron chi connectivity index (χ2n) is 13.1. The molecular weight excluding hydrogens is 633 g/mol. The van der Waals surface area contributed by atoms with Gasteiger partial charge in [0, 0.05) is 39.0 Å². The van der Waals surface area contributed by atoms with Crippen LogP contribution in [0.2, 0.25) is 0 Å². The molecule has 0 aliphatic rings. The molecule has 0 bridgehead atoms. The fourth-order valence-electron chi connectivity index (χ4n) is 7.39. The average molecular weight is 663 g/mol. The van der Waals surface area contributed by atoms with E-state index in [0.29, 0.717) is 5.82 Å². The summed E-state index contributed by atoms with van der Waals surface area (Å²) in [5.74, 6) is 0.600. The fraction of sp³-hybridized carbons (Fsp3) is 0. The van der Waals surface area contributed by atoms with Crippen LogP contribution in [0.3, 0.4) is 0 Å². The fourth-order valence-corrected chi connectivity index (χ4v) is 7.39. The van der Waals surface area contributed by atoms with E-state index in [0.717, 1.165) is 66.9 Å². The van der Waals surface area contributed by atoms with Gasteiger partial charge in [0.15, 0.2) is 5.82 Å². The van der Waals surface area contributed by atoms with Crippen molar-refractivity contribution >= 4 is 43.2 Å². The lowest BCUT2D eigenvalue weighted by molar-refractivity contribution is 1.15. The second kappa shape index (κ2) is 12.4. The summed E-state index contributed by atoms with van der Waals surface area (Å²) in [6.45, 7) is 0. The Balaban J connectivity index is 1.16. The lowest BCUT2D eigenvalue weighted by Gasteiger charge is -2.16. The van der Waals surface area contributed by atoms with E-state index in [4.69, 9.17) is 15.0 Å². The number of pyridine rings is 2. The molecule has 3 aromatic heterocycles. The van der Waals surface area contributed by atoms with E-state index in [1.807, 2.05) is 36.4 Å². The Hall–Kier alpha value is -7.04. The summed E-state index contributed by atoms with van der Waals surface area (Å²) in [7, 11) is 0. The Morgan fingerprint density at radius 2 is 0.981 bits per heavy atom. The van der Waals surface area contributed by atoms with Crippen molar-refractivity contribution in [1.29, 1.82) is 0 Å². The summed E-state index contributed by atoms with van der Waals surface area (Å²) in [6.07, 6.45) is 1.78. The van der Waals surface area contributed by atoms with Crippen molar-refractivity contribution in [1.82, 2.24) is 19.9 Å². The Morgan fingerprint density at radius 3 is 1.77 bits per heavy atom. The summed E-state index contributed by atoms with van der Waals surface area (Å²) in [5.41, 5.74) is 9.86. The van der Waals surface area contributed by atoms with Crippen LogP contribution in [0.1, 0.15) is 0 Å². The Bertz CT molecular complexity index is 2880. The van der Waals surface area contributed by atoms with Gasteiger partial charge in [0.2, 0.25) is 0 Å². The van der Waals surface area contributed by atoms with E-state index in [1.54, 1.807) is 6.20 Å². The zero-order valence-corrected chi connectivity index (χ0v) is 28.1. The van der Waals surface area contributed by atoms with Gasteiger partial charge in [-0.25, -0.2) is 15.0 Å². The molecule has 0 fully saturated rings. The molecule has 3 heterocycles. The van der Waals surface area contributed by atoms with E-state index in [1.165, 1.54) is 26.9 Å². The summed E-state index contributed by atoms with van der Waals surface area (Å²) >= 11 is 0. The van der Waals surface area contributed by atoms with Crippen LogP contribution >= 0.6 is 0 Å². The van der Waals surface area contributed by atoms with Gasteiger partial charge >= 0.3 is 0 Å². The van der Waals surface area contributed by atoms with Crippen molar-refractivity contribution in [3.8, 4) is 56.4 Å². The number of aromatic nitrogens is 4. The molecule has 0 N–H and O–H groups in total. The number of hydrogen-bond acceptors (Lipinski definition) is 4. The van der Waals surface area contributed by atoms with E-state index >= 15 is 0 Å². The smallest absolute Gasteiger partial charge is 0.179 e. The van der Waals surface area contributed by atoms with Gasteiger partial charge in [-0.05, 0) is 69.1 Å². The van der Waals surface area contributed by atoms with Crippen LogP contribution in [-0.4, -0.2) is 19.9 Å². The lowest BCUT2D eigenvalue weighted by atomic mass is 9.89. The molecule has 0 atom stereocenters. The van der Waals surface area contributed by atoms with E-state index in [9.17, 15) is 0 Å². The molecule has 0 amide bonds. The molecule has 10 aromatic rings. The van der Waals surface area contributed by atoms with Crippen LogP contribution in [0.5, 0.6) is 0 Å². The number of rotatable bonds is 5. The second-order valence-corrected chi connectivity index (χ2v) is 13.1. The normalized spacial score (nSPS) is 11.5. The third-order valence-electron chi connectivity index (χ3n) is 9.91. The van der Waals surface area contributed by atoms with Crippen LogP contribution in [0, 0.1) is 0 Å². The van der Waals surface area contributed by atoms with Crippen LogP contribution in [0.4, 0.5) is 0 Å². The van der Waals surface area contributed by atoms with Crippen molar-refractivity contribution < 1.29 is 0 Å². The minimum atomic E-state index is 0.600. The molecule has 4 heteroatoms. The Labute approximate surface area is 300 Å². The minimum Gasteiger partial charge on any atom is -0.253 e. The van der Waals surface area contributed by atoms with Gasteiger partial charge in [-0.15, -0.1) is 0 Å². The van der Waals surface area contributed by atoms with Crippen LogP contribution in [-0.2, 0) is 0 Å². The van der Waals surface area contributed by atoms with Crippen molar-refractivity contribution in [3.63, 3.8) is 0 Å². The average Bonchev–Trinajstić information content (AvgIpc) is 3.23. The number of benzene rings is 7.